The van der Waals surface area contributed by atoms with Gasteiger partial charge in [0.1, 0.15) is 5.69 Å². The lowest BCUT2D eigenvalue weighted by Crippen LogP contribution is -2.47. The smallest absolute Gasteiger partial charge is 0.272 e. The molecule has 1 aromatic rings. The summed E-state index contributed by atoms with van der Waals surface area (Å²) in [6.45, 7) is 6.64. The maximum atomic E-state index is 12.4. The summed E-state index contributed by atoms with van der Waals surface area (Å²) < 4.78 is 0. The fraction of sp³-hybridized carbons (Fsp3) is 0.625. The summed E-state index contributed by atoms with van der Waals surface area (Å²) in [7, 11) is 4.15. The minimum Gasteiger partial charge on any atom is -0.373 e. The van der Waals surface area contributed by atoms with Gasteiger partial charge in [0.25, 0.3) is 5.91 Å². The predicted octanol–water partition coefficient (Wildman–Crippen LogP) is 1.71. The molecule has 0 bridgehead atoms. The van der Waals surface area contributed by atoms with Crippen LogP contribution < -0.4 is 4.90 Å². The fourth-order valence-electron chi connectivity index (χ4n) is 2.43. The maximum Gasteiger partial charge on any atom is 0.272 e. The Morgan fingerprint density at radius 1 is 1.29 bits per heavy atom. The highest BCUT2D eigenvalue weighted by atomic mass is 16.2. The first kappa shape index (κ1) is 15.8. The number of carbonyl (C=O) groups is 1. The fourth-order valence-corrected chi connectivity index (χ4v) is 2.43. The lowest BCUT2D eigenvalue weighted by atomic mass is 10.2. The van der Waals surface area contributed by atoms with Gasteiger partial charge in [-0.05, 0) is 25.6 Å². The monoisotopic (exact) mass is 290 g/mol. The van der Waals surface area contributed by atoms with E-state index in [2.05, 4.69) is 35.8 Å². The molecule has 116 valence electrons. The molecule has 2 rings (SSSR count). The molecule has 21 heavy (non-hydrogen) atoms. The van der Waals surface area contributed by atoms with Crippen molar-refractivity contribution in [2.75, 3.05) is 51.7 Å². The van der Waals surface area contributed by atoms with E-state index in [0.717, 1.165) is 38.4 Å². The molecule has 1 fully saturated rings. The van der Waals surface area contributed by atoms with Crippen molar-refractivity contribution in [3.05, 3.63) is 24.0 Å². The van der Waals surface area contributed by atoms with E-state index < -0.39 is 0 Å². The van der Waals surface area contributed by atoms with Crippen molar-refractivity contribution in [1.29, 1.82) is 0 Å². The maximum absolute atomic E-state index is 12.4. The Morgan fingerprint density at radius 2 is 2.00 bits per heavy atom. The summed E-state index contributed by atoms with van der Waals surface area (Å²) in [5.74, 6) is 0.0471. The van der Waals surface area contributed by atoms with E-state index in [9.17, 15) is 4.79 Å². The zero-order valence-electron chi connectivity index (χ0n) is 13.4. The summed E-state index contributed by atoms with van der Waals surface area (Å²) in [6, 6.07) is 3.84. The van der Waals surface area contributed by atoms with Crippen LogP contribution in [0.2, 0.25) is 0 Å². The average molecular weight is 290 g/mol. The molecule has 0 N–H and O–H groups in total. The van der Waals surface area contributed by atoms with Crippen LogP contribution in [0.25, 0.3) is 0 Å². The van der Waals surface area contributed by atoms with Gasteiger partial charge in [0, 0.05) is 39.8 Å². The zero-order valence-corrected chi connectivity index (χ0v) is 13.4. The Morgan fingerprint density at radius 3 is 2.57 bits per heavy atom. The number of rotatable bonds is 5. The Labute approximate surface area is 127 Å². The second kappa shape index (κ2) is 7.41. The summed E-state index contributed by atoms with van der Waals surface area (Å²) in [4.78, 5) is 23.1. The molecule has 5 nitrogen and oxygen atoms in total. The third-order valence-electron chi connectivity index (χ3n) is 4.05. The summed E-state index contributed by atoms with van der Waals surface area (Å²) >= 11 is 0. The third-order valence-corrected chi connectivity index (χ3v) is 4.05. The minimum atomic E-state index is 0.0471. The molecule has 1 aromatic heterocycles. The quantitative estimate of drug-likeness (QED) is 0.827. The molecule has 1 aliphatic heterocycles. The number of hydrogen-bond donors (Lipinski definition) is 0. The van der Waals surface area contributed by atoms with Gasteiger partial charge in [-0.2, -0.15) is 0 Å². The molecule has 1 saturated heterocycles. The topological polar surface area (TPSA) is 39.7 Å². The molecule has 0 spiro atoms. The van der Waals surface area contributed by atoms with E-state index in [-0.39, 0.29) is 5.91 Å². The molecule has 0 unspecified atom stereocenters. The molecular formula is C16H26N4O. The number of anilines is 1. The lowest BCUT2D eigenvalue weighted by molar-refractivity contribution is 0.0658. The van der Waals surface area contributed by atoms with Gasteiger partial charge in [-0.1, -0.05) is 13.3 Å². The van der Waals surface area contributed by atoms with E-state index in [4.69, 9.17) is 0 Å². The summed E-state index contributed by atoms with van der Waals surface area (Å²) in [5, 5.41) is 0. The SMILES string of the molecule is CCCCN(C)c1ccc(C(=O)N2CCN(C)CC2)nc1. The molecule has 0 saturated carbocycles. The van der Waals surface area contributed by atoms with Gasteiger partial charge in [0.2, 0.25) is 0 Å². The molecule has 2 heterocycles. The number of likely N-dealkylation sites (N-methyl/N-ethyl adjacent to an activating group) is 1. The van der Waals surface area contributed by atoms with E-state index in [1.165, 1.54) is 12.8 Å². The Hall–Kier alpha value is -1.62. The predicted molar refractivity (Wildman–Crippen MR) is 85.8 cm³/mol. The molecular weight excluding hydrogens is 264 g/mol. The minimum absolute atomic E-state index is 0.0471. The van der Waals surface area contributed by atoms with Crippen LogP contribution in [-0.4, -0.2) is 67.5 Å². The summed E-state index contributed by atoms with van der Waals surface area (Å²) in [6.07, 6.45) is 4.15. The number of unbranched alkanes of at least 4 members (excludes halogenated alkanes) is 1. The molecule has 0 aliphatic carbocycles. The van der Waals surface area contributed by atoms with E-state index in [0.29, 0.717) is 5.69 Å². The Kier molecular flexibility index (Phi) is 5.56. The van der Waals surface area contributed by atoms with Crippen LogP contribution in [0.3, 0.4) is 0 Å². The highest BCUT2D eigenvalue weighted by Crippen LogP contribution is 2.13. The second-order valence-corrected chi connectivity index (χ2v) is 5.77. The van der Waals surface area contributed by atoms with Gasteiger partial charge in [-0.25, -0.2) is 4.98 Å². The van der Waals surface area contributed by atoms with Gasteiger partial charge >= 0.3 is 0 Å². The van der Waals surface area contributed by atoms with Crippen LogP contribution in [0.4, 0.5) is 5.69 Å². The van der Waals surface area contributed by atoms with Crippen molar-refractivity contribution in [1.82, 2.24) is 14.8 Å². The van der Waals surface area contributed by atoms with Gasteiger partial charge < -0.3 is 14.7 Å². The van der Waals surface area contributed by atoms with Crippen molar-refractivity contribution >= 4 is 11.6 Å². The molecule has 1 aliphatic rings. The van der Waals surface area contributed by atoms with Crippen molar-refractivity contribution in [2.24, 2.45) is 0 Å². The number of amides is 1. The van der Waals surface area contributed by atoms with Crippen LogP contribution in [-0.2, 0) is 0 Å². The lowest BCUT2D eigenvalue weighted by Gasteiger charge is -2.32. The second-order valence-electron chi connectivity index (χ2n) is 5.77. The summed E-state index contributed by atoms with van der Waals surface area (Å²) in [5.41, 5.74) is 1.62. The van der Waals surface area contributed by atoms with Crippen molar-refractivity contribution in [3.63, 3.8) is 0 Å². The van der Waals surface area contributed by atoms with E-state index >= 15 is 0 Å². The van der Waals surface area contributed by atoms with Crippen molar-refractivity contribution in [3.8, 4) is 0 Å². The number of nitrogens with zero attached hydrogens (tertiary/aromatic N) is 4. The van der Waals surface area contributed by atoms with Crippen LogP contribution in [0.1, 0.15) is 30.3 Å². The van der Waals surface area contributed by atoms with Crippen LogP contribution in [0, 0.1) is 0 Å². The number of piperazine rings is 1. The van der Waals surface area contributed by atoms with Crippen LogP contribution in [0.5, 0.6) is 0 Å². The molecule has 0 atom stereocenters. The largest absolute Gasteiger partial charge is 0.373 e. The normalized spacial score (nSPS) is 16.0. The Balaban J connectivity index is 1.96. The standard InChI is InChI=1S/C16H26N4O/c1-4-5-8-19(3)14-6-7-15(17-13-14)16(21)20-11-9-18(2)10-12-20/h6-7,13H,4-5,8-12H2,1-3H3. The Bertz CT molecular complexity index is 452. The highest BCUT2D eigenvalue weighted by molar-refractivity contribution is 5.92. The van der Waals surface area contributed by atoms with Gasteiger partial charge in [0.05, 0.1) is 11.9 Å². The first-order valence-corrected chi connectivity index (χ1v) is 7.77. The van der Waals surface area contributed by atoms with E-state index in [1.807, 2.05) is 17.0 Å². The number of aromatic nitrogens is 1. The first-order chi connectivity index (χ1) is 10.1. The number of pyridine rings is 1. The molecule has 1 amide bonds. The van der Waals surface area contributed by atoms with Crippen molar-refractivity contribution in [2.45, 2.75) is 19.8 Å². The zero-order chi connectivity index (χ0) is 15.2. The number of carbonyl (C=O) groups excluding carboxylic acids is 1. The molecule has 0 aromatic carbocycles. The van der Waals surface area contributed by atoms with E-state index in [1.54, 1.807) is 6.20 Å². The number of hydrogen-bond acceptors (Lipinski definition) is 4. The van der Waals surface area contributed by atoms with Crippen LogP contribution >= 0.6 is 0 Å². The average Bonchev–Trinajstić information content (AvgIpc) is 2.53. The van der Waals surface area contributed by atoms with Gasteiger partial charge in [-0.15, -0.1) is 0 Å². The molecule has 0 radical (unpaired) electrons. The highest BCUT2D eigenvalue weighted by Gasteiger charge is 2.21. The van der Waals surface area contributed by atoms with Crippen molar-refractivity contribution < 1.29 is 4.79 Å². The van der Waals surface area contributed by atoms with Gasteiger partial charge in [-0.3, -0.25) is 4.79 Å². The van der Waals surface area contributed by atoms with Gasteiger partial charge in [0.15, 0.2) is 0 Å². The van der Waals surface area contributed by atoms with Crippen LogP contribution in [0.15, 0.2) is 18.3 Å². The molecule has 5 heteroatoms. The third kappa shape index (κ3) is 4.17. The first-order valence-electron chi connectivity index (χ1n) is 7.77.